The highest BCUT2D eigenvalue weighted by Crippen LogP contribution is 2.67. The van der Waals surface area contributed by atoms with Crippen LogP contribution >= 0.6 is 0 Å². The quantitative estimate of drug-likeness (QED) is 0.0424. The van der Waals surface area contributed by atoms with E-state index in [9.17, 15) is 65.9 Å². The first-order valence-corrected chi connectivity index (χ1v) is 24.7. The standard InChI is InChI=1S/C49H76F15NO3/c1-31(2)15-14-16-32(3)37-19-20-38-36-18-17-33-27-35(21-23-42(33,4)39(36)22-24-43(37,38)5)68-26-13-11-9-8-10-12-25-66-28-34(65(6)7)29-67-30-44(53,54)45(55,56)40(50)46(57,58)48(61,62)49(63,64)47(59,60)41(51)52/h17,31-32,34-41H,8-16,18-30H2,1-7H3/t32-,34+,35+,36+,37-,38+,39+,40?,42+,43-/m1/s1. The van der Waals surface area contributed by atoms with Gasteiger partial charge in [0.15, 0.2) is 0 Å². The molecule has 4 nitrogen and oxygen atoms in total. The molecule has 0 aromatic rings. The van der Waals surface area contributed by atoms with Crippen molar-refractivity contribution in [3.63, 3.8) is 0 Å². The molecule has 3 fully saturated rings. The van der Waals surface area contributed by atoms with E-state index in [-0.39, 0.29) is 24.7 Å². The van der Waals surface area contributed by atoms with E-state index in [1.54, 1.807) is 5.57 Å². The van der Waals surface area contributed by atoms with Crippen LogP contribution in [-0.2, 0) is 14.2 Å². The highest BCUT2D eigenvalue weighted by atomic mass is 19.4. The van der Waals surface area contributed by atoms with Crippen molar-refractivity contribution in [3.05, 3.63) is 11.6 Å². The molecule has 1 unspecified atom stereocenters. The molecule has 10 atom stereocenters. The van der Waals surface area contributed by atoms with Crippen molar-refractivity contribution in [1.29, 1.82) is 0 Å². The third-order valence-electron chi connectivity index (χ3n) is 16.6. The van der Waals surface area contributed by atoms with Gasteiger partial charge in [-0.25, -0.2) is 13.2 Å². The van der Waals surface area contributed by atoms with Gasteiger partial charge < -0.3 is 19.1 Å². The number of halogens is 15. The molecular weight excluding hydrogens is 936 g/mol. The predicted molar refractivity (Wildman–Crippen MR) is 230 cm³/mol. The lowest BCUT2D eigenvalue weighted by Crippen LogP contribution is -2.70. The predicted octanol–water partition coefficient (Wildman–Crippen LogP) is 15.1. The van der Waals surface area contributed by atoms with Crippen molar-refractivity contribution in [1.82, 2.24) is 4.90 Å². The maximum absolute atomic E-state index is 14.3. The van der Waals surface area contributed by atoms with Crippen LogP contribution < -0.4 is 0 Å². The molecule has 0 N–H and O–H groups in total. The van der Waals surface area contributed by atoms with Crippen LogP contribution in [0.2, 0.25) is 0 Å². The number of fused-ring (bicyclic) bond motifs is 5. The molecule has 0 aromatic heterocycles. The van der Waals surface area contributed by atoms with Crippen molar-refractivity contribution in [2.45, 2.75) is 204 Å². The minimum absolute atomic E-state index is 0.208. The molecule has 0 aliphatic heterocycles. The number of hydrogen-bond donors (Lipinski definition) is 0. The van der Waals surface area contributed by atoms with Crippen molar-refractivity contribution in [3.8, 4) is 0 Å². The molecule has 3 saturated carbocycles. The summed E-state index contributed by atoms with van der Waals surface area (Å²) in [5.74, 6) is -39.1. The third-order valence-corrected chi connectivity index (χ3v) is 16.6. The van der Waals surface area contributed by atoms with Gasteiger partial charge in [-0.3, -0.25) is 0 Å². The largest absolute Gasteiger partial charge is 0.384 e. The first-order chi connectivity index (χ1) is 31.3. The van der Waals surface area contributed by atoms with E-state index in [4.69, 9.17) is 9.47 Å². The van der Waals surface area contributed by atoms with Crippen molar-refractivity contribution in [2.75, 3.05) is 47.1 Å². The Morgan fingerprint density at radius 1 is 0.662 bits per heavy atom. The topological polar surface area (TPSA) is 30.9 Å². The van der Waals surface area contributed by atoms with Crippen LogP contribution in [0, 0.1) is 46.3 Å². The summed E-state index contributed by atoms with van der Waals surface area (Å²) in [4.78, 5) is 1.34. The van der Waals surface area contributed by atoms with Gasteiger partial charge >= 0.3 is 42.0 Å². The third kappa shape index (κ3) is 12.3. The van der Waals surface area contributed by atoms with Gasteiger partial charge in [0.25, 0.3) is 0 Å². The molecule has 4 aliphatic rings. The minimum atomic E-state index is -7.98. The van der Waals surface area contributed by atoms with E-state index in [0.717, 1.165) is 80.5 Å². The molecule has 0 radical (unpaired) electrons. The lowest BCUT2D eigenvalue weighted by Gasteiger charge is -2.58. The number of hydrogen-bond acceptors (Lipinski definition) is 4. The maximum Gasteiger partial charge on any atom is 0.384 e. The van der Waals surface area contributed by atoms with Gasteiger partial charge in [-0.2, -0.15) is 52.7 Å². The Hall–Kier alpha value is -1.47. The molecular formula is C49H76F15NO3. The van der Waals surface area contributed by atoms with Gasteiger partial charge in [-0.1, -0.05) is 91.2 Å². The zero-order valence-electron chi connectivity index (χ0n) is 40.7. The first-order valence-electron chi connectivity index (χ1n) is 24.7. The number of ether oxygens (including phenoxy) is 3. The number of alkyl halides is 15. The van der Waals surface area contributed by atoms with Gasteiger partial charge in [-0.15, -0.1) is 0 Å². The molecule has 400 valence electrons. The molecule has 0 heterocycles. The van der Waals surface area contributed by atoms with Crippen LogP contribution in [-0.4, -0.2) is 112 Å². The van der Waals surface area contributed by atoms with E-state index in [2.05, 4.69) is 45.4 Å². The van der Waals surface area contributed by atoms with E-state index < -0.39 is 67.4 Å². The van der Waals surface area contributed by atoms with Gasteiger partial charge in [0, 0.05) is 13.2 Å². The molecule has 0 amide bonds. The smallest absolute Gasteiger partial charge is 0.380 e. The van der Waals surface area contributed by atoms with Gasteiger partial charge in [0.05, 0.1) is 25.4 Å². The number of rotatable bonds is 29. The monoisotopic (exact) mass is 1010 g/mol. The number of nitrogens with zero attached hydrogens (tertiary/aromatic N) is 1. The molecule has 0 bridgehead atoms. The zero-order valence-corrected chi connectivity index (χ0v) is 40.7. The first kappa shape index (κ1) is 59.1. The normalized spacial score (nSPS) is 29.0. The fraction of sp³-hybridized carbons (Fsp3) is 0.959. The maximum atomic E-state index is 14.3. The van der Waals surface area contributed by atoms with Crippen LogP contribution in [0.1, 0.15) is 144 Å². The Labute approximate surface area is 393 Å². The molecule has 0 spiro atoms. The molecule has 0 saturated heterocycles. The van der Waals surface area contributed by atoms with Crippen LogP contribution in [0.3, 0.4) is 0 Å². The zero-order chi connectivity index (χ0) is 51.3. The SMILES string of the molecule is CC(C)CCC[C@@H](C)[C@H]1CC[C@H]2[C@@H]3CC=C4C[C@@H](OCCCCCCCCOC[C@@H](COCC(F)(F)C(F)(F)C(F)C(F)(F)C(F)(F)C(F)(F)C(F)(F)C(F)F)N(C)C)CC[C@]4(C)[C@H]3CC[C@]12C. The van der Waals surface area contributed by atoms with Gasteiger partial charge in [0.1, 0.15) is 6.61 Å². The summed E-state index contributed by atoms with van der Waals surface area (Å²) in [7, 11) is 2.81. The number of allylic oxidation sites excluding steroid dienone is 1. The van der Waals surface area contributed by atoms with Crippen LogP contribution in [0.25, 0.3) is 0 Å². The average Bonchev–Trinajstić information content (AvgIpc) is 3.61. The van der Waals surface area contributed by atoms with E-state index in [1.165, 1.54) is 76.8 Å². The molecule has 0 aromatic carbocycles. The molecule has 68 heavy (non-hydrogen) atoms. The molecule has 4 aliphatic carbocycles. The highest BCUT2D eigenvalue weighted by Gasteiger charge is 2.87. The van der Waals surface area contributed by atoms with Crippen molar-refractivity contribution < 1.29 is 80.1 Å². The van der Waals surface area contributed by atoms with Crippen molar-refractivity contribution >= 4 is 0 Å². The Balaban J connectivity index is 1.11. The van der Waals surface area contributed by atoms with Crippen LogP contribution in [0.5, 0.6) is 0 Å². The summed E-state index contributed by atoms with van der Waals surface area (Å²) in [6, 6.07) is -0.937. The Bertz CT molecular complexity index is 1600. The summed E-state index contributed by atoms with van der Waals surface area (Å²) < 4.78 is 221. The van der Waals surface area contributed by atoms with Crippen LogP contribution in [0.4, 0.5) is 65.9 Å². The van der Waals surface area contributed by atoms with E-state index in [1.807, 2.05) is 0 Å². The summed E-state index contributed by atoms with van der Waals surface area (Å²) in [5.41, 5.74) is 2.34. The second-order valence-corrected chi connectivity index (χ2v) is 21.7. The van der Waals surface area contributed by atoms with Crippen molar-refractivity contribution in [2.24, 2.45) is 46.3 Å². The summed E-state index contributed by atoms with van der Waals surface area (Å²) in [6.07, 6.45) is 9.95. The summed E-state index contributed by atoms with van der Waals surface area (Å²) in [6.45, 7) is 9.54. The Morgan fingerprint density at radius 2 is 1.25 bits per heavy atom. The van der Waals surface area contributed by atoms with Gasteiger partial charge in [0.2, 0.25) is 6.17 Å². The minimum Gasteiger partial charge on any atom is -0.380 e. The summed E-state index contributed by atoms with van der Waals surface area (Å²) in [5, 5.41) is 0. The fourth-order valence-corrected chi connectivity index (χ4v) is 12.2. The van der Waals surface area contributed by atoms with E-state index >= 15 is 0 Å². The number of likely N-dealkylation sites (N-methyl/N-ethyl adjacent to an activating group) is 1. The van der Waals surface area contributed by atoms with Gasteiger partial charge in [-0.05, 0) is 125 Å². The molecule has 4 rings (SSSR count). The second kappa shape index (κ2) is 23.2. The van der Waals surface area contributed by atoms with Crippen LogP contribution in [0.15, 0.2) is 11.6 Å². The Kier molecular flexibility index (Phi) is 20.1. The highest BCUT2D eigenvalue weighted by molar-refractivity contribution is 5.25. The lowest BCUT2D eigenvalue weighted by atomic mass is 9.47. The summed E-state index contributed by atoms with van der Waals surface area (Å²) >= 11 is 0. The Morgan fingerprint density at radius 3 is 1.85 bits per heavy atom. The second-order valence-electron chi connectivity index (χ2n) is 21.7. The number of unbranched alkanes of at least 4 members (excludes halogenated alkanes) is 5. The molecule has 19 heteroatoms. The lowest BCUT2D eigenvalue weighted by molar-refractivity contribution is -0.406. The fourth-order valence-electron chi connectivity index (χ4n) is 12.2. The average molecular weight is 1010 g/mol. The van der Waals surface area contributed by atoms with E-state index in [0.29, 0.717) is 18.4 Å².